The van der Waals surface area contributed by atoms with Gasteiger partial charge in [0.05, 0.1) is 6.26 Å². The van der Waals surface area contributed by atoms with E-state index < -0.39 is 0 Å². The number of likely N-dealkylation sites (tertiary alicyclic amines) is 1. The highest BCUT2D eigenvalue weighted by atomic mass is 16.3. The molecule has 142 valence electrons. The van der Waals surface area contributed by atoms with Gasteiger partial charge in [0, 0.05) is 25.2 Å². The first kappa shape index (κ1) is 16.6. The summed E-state index contributed by atoms with van der Waals surface area (Å²) in [6.07, 6.45) is 8.05. The van der Waals surface area contributed by atoms with E-state index in [9.17, 15) is 0 Å². The summed E-state index contributed by atoms with van der Waals surface area (Å²) in [7, 11) is 0. The Bertz CT molecular complexity index is 906. The van der Waals surface area contributed by atoms with E-state index in [0.717, 1.165) is 18.9 Å². The van der Waals surface area contributed by atoms with E-state index >= 15 is 0 Å². The van der Waals surface area contributed by atoms with Gasteiger partial charge in [-0.3, -0.25) is 0 Å². The summed E-state index contributed by atoms with van der Waals surface area (Å²) < 4.78 is 6.96. The molecule has 0 unspecified atom stereocenters. The number of furan rings is 1. The minimum absolute atomic E-state index is 0.353. The molecule has 2 aliphatic heterocycles. The molecule has 8 heteroatoms. The number of hydrogen-bond acceptors (Lipinski definition) is 7. The van der Waals surface area contributed by atoms with E-state index in [4.69, 9.17) is 10.2 Å². The monoisotopic (exact) mass is 367 g/mol. The van der Waals surface area contributed by atoms with Gasteiger partial charge in [-0.2, -0.15) is 9.50 Å². The van der Waals surface area contributed by atoms with Crippen molar-refractivity contribution >= 4 is 17.4 Å². The normalized spacial score (nSPS) is 19.8. The van der Waals surface area contributed by atoms with Crippen LogP contribution in [0.3, 0.4) is 0 Å². The van der Waals surface area contributed by atoms with Crippen molar-refractivity contribution in [1.82, 2.24) is 24.5 Å². The Balaban J connectivity index is 1.34. The van der Waals surface area contributed by atoms with Crippen LogP contribution < -0.4 is 10.6 Å². The van der Waals surface area contributed by atoms with Crippen LogP contribution >= 0.6 is 0 Å². The first-order chi connectivity index (χ1) is 13.3. The number of nitrogen functional groups attached to an aromatic ring is 1. The number of anilines is 2. The largest absolute Gasteiger partial charge is 0.461 e. The maximum absolute atomic E-state index is 6.16. The molecule has 2 fully saturated rings. The van der Waals surface area contributed by atoms with Gasteiger partial charge in [-0.15, -0.1) is 5.10 Å². The third-order valence-corrected chi connectivity index (χ3v) is 5.77. The molecule has 2 N–H and O–H groups in total. The van der Waals surface area contributed by atoms with E-state index in [1.54, 1.807) is 10.8 Å². The lowest BCUT2D eigenvalue weighted by Crippen LogP contribution is -2.47. The summed E-state index contributed by atoms with van der Waals surface area (Å²) in [5.74, 6) is 2.39. The number of aromatic nitrogens is 4. The molecule has 0 radical (unpaired) electrons. The van der Waals surface area contributed by atoms with Gasteiger partial charge < -0.3 is 20.0 Å². The Hall–Kier alpha value is -2.61. The fourth-order valence-electron chi connectivity index (χ4n) is 4.31. The van der Waals surface area contributed by atoms with Crippen molar-refractivity contribution in [3.8, 4) is 11.6 Å². The molecule has 0 amide bonds. The molecule has 8 nitrogen and oxygen atoms in total. The highest BCUT2D eigenvalue weighted by Gasteiger charge is 2.26. The number of nitrogens with zero attached hydrogens (tertiary/aromatic N) is 6. The van der Waals surface area contributed by atoms with Crippen LogP contribution in [0.1, 0.15) is 32.1 Å². The van der Waals surface area contributed by atoms with E-state index in [-0.39, 0.29) is 0 Å². The van der Waals surface area contributed by atoms with Crippen molar-refractivity contribution < 1.29 is 4.42 Å². The SMILES string of the molecule is Nc1nc(N2CCC(N3CCCCC3)CC2)cc2nc(-c3ccco3)nn12. The fraction of sp³-hybridized carbons (Fsp3) is 0.526. The second kappa shape index (κ2) is 6.84. The molecule has 0 saturated carbocycles. The van der Waals surface area contributed by atoms with Crippen molar-refractivity contribution in [3.05, 3.63) is 24.5 Å². The van der Waals surface area contributed by atoms with Gasteiger partial charge in [0.15, 0.2) is 11.4 Å². The summed E-state index contributed by atoms with van der Waals surface area (Å²) >= 11 is 0. The minimum atomic E-state index is 0.353. The predicted octanol–water partition coefficient (Wildman–Crippen LogP) is 2.42. The van der Waals surface area contributed by atoms with Crippen molar-refractivity contribution in [2.75, 3.05) is 36.8 Å². The first-order valence-corrected chi connectivity index (χ1v) is 9.84. The maximum Gasteiger partial charge on any atom is 0.225 e. The lowest BCUT2D eigenvalue weighted by atomic mass is 10.00. The standard InChI is InChI=1S/C19H25N7O/c20-19-22-16(13-17-21-18(23-26(17)19)15-5-4-12-27-15)25-10-6-14(7-11-25)24-8-2-1-3-9-24/h4-5,12-14H,1-3,6-11H2,(H2,20,22). The number of nitrogens with two attached hydrogens (primary N) is 1. The molecule has 0 atom stereocenters. The molecule has 3 aromatic heterocycles. The Morgan fingerprint density at radius 2 is 1.85 bits per heavy atom. The number of piperidine rings is 2. The number of hydrogen-bond donors (Lipinski definition) is 1. The molecule has 27 heavy (non-hydrogen) atoms. The minimum Gasteiger partial charge on any atom is -0.461 e. The van der Waals surface area contributed by atoms with Crippen LogP contribution in [-0.2, 0) is 0 Å². The smallest absolute Gasteiger partial charge is 0.225 e. The Labute approximate surface area is 158 Å². The number of rotatable bonds is 3. The summed E-state index contributed by atoms with van der Waals surface area (Å²) in [6.45, 7) is 4.53. The molecule has 0 aromatic carbocycles. The van der Waals surface area contributed by atoms with Crippen LogP contribution in [0.4, 0.5) is 11.8 Å². The zero-order valence-corrected chi connectivity index (χ0v) is 15.4. The summed E-state index contributed by atoms with van der Waals surface area (Å²) in [4.78, 5) is 14.1. The average Bonchev–Trinajstić information content (AvgIpc) is 3.38. The van der Waals surface area contributed by atoms with Gasteiger partial charge in [0.25, 0.3) is 0 Å². The van der Waals surface area contributed by atoms with Crippen LogP contribution in [-0.4, -0.2) is 56.7 Å². The quantitative estimate of drug-likeness (QED) is 0.760. The molecule has 5 rings (SSSR count). The summed E-state index contributed by atoms with van der Waals surface area (Å²) in [5.41, 5.74) is 6.85. The fourth-order valence-corrected chi connectivity index (χ4v) is 4.31. The maximum atomic E-state index is 6.16. The molecule has 0 spiro atoms. The van der Waals surface area contributed by atoms with Crippen LogP contribution in [0.2, 0.25) is 0 Å². The van der Waals surface area contributed by atoms with E-state index in [1.807, 2.05) is 18.2 Å². The first-order valence-electron chi connectivity index (χ1n) is 9.84. The highest BCUT2D eigenvalue weighted by molar-refractivity contribution is 5.59. The van der Waals surface area contributed by atoms with Gasteiger partial charge >= 0.3 is 0 Å². The van der Waals surface area contributed by atoms with Gasteiger partial charge in [-0.05, 0) is 50.9 Å². The lowest BCUT2D eigenvalue weighted by molar-refractivity contribution is 0.141. The van der Waals surface area contributed by atoms with Gasteiger partial charge in [-0.25, -0.2) is 4.98 Å². The summed E-state index contributed by atoms with van der Waals surface area (Å²) in [6, 6.07) is 6.34. The molecular formula is C19H25N7O. The predicted molar refractivity (Wildman–Crippen MR) is 104 cm³/mol. The van der Waals surface area contributed by atoms with Gasteiger partial charge in [-0.1, -0.05) is 6.42 Å². The third kappa shape index (κ3) is 3.14. The molecule has 3 aromatic rings. The van der Waals surface area contributed by atoms with Crippen molar-refractivity contribution in [1.29, 1.82) is 0 Å². The molecule has 2 saturated heterocycles. The van der Waals surface area contributed by atoms with Crippen LogP contribution in [0.5, 0.6) is 0 Å². The number of fused-ring (bicyclic) bond motifs is 1. The van der Waals surface area contributed by atoms with Crippen LogP contribution in [0, 0.1) is 0 Å². The van der Waals surface area contributed by atoms with Crippen LogP contribution in [0.15, 0.2) is 28.9 Å². The zero-order chi connectivity index (χ0) is 18.2. The van der Waals surface area contributed by atoms with E-state index in [0.29, 0.717) is 29.2 Å². The third-order valence-electron chi connectivity index (χ3n) is 5.77. The van der Waals surface area contributed by atoms with Crippen molar-refractivity contribution in [3.63, 3.8) is 0 Å². The molecular weight excluding hydrogens is 342 g/mol. The Morgan fingerprint density at radius 3 is 2.59 bits per heavy atom. The summed E-state index contributed by atoms with van der Waals surface area (Å²) in [5, 5.41) is 4.41. The second-order valence-electron chi connectivity index (χ2n) is 7.47. The van der Waals surface area contributed by atoms with E-state index in [1.165, 1.54) is 45.2 Å². The molecule has 0 bridgehead atoms. The Morgan fingerprint density at radius 1 is 1.04 bits per heavy atom. The van der Waals surface area contributed by atoms with Crippen molar-refractivity contribution in [2.24, 2.45) is 0 Å². The molecule has 2 aliphatic rings. The van der Waals surface area contributed by atoms with Crippen LogP contribution in [0.25, 0.3) is 17.2 Å². The molecule has 0 aliphatic carbocycles. The average molecular weight is 367 g/mol. The van der Waals surface area contributed by atoms with Crippen molar-refractivity contribution in [2.45, 2.75) is 38.1 Å². The zero-order valence-electron chi connectivity index (χ0n) is 15.4. The second-order valence-corrected chi connectivity index (χ2v) is 7.47. The highest BCUT2D eigenvalue weighted by Crippen LogP contribution is 2.26. The van der Waals surface area contributed by atoms with Gasteiger partial charge in [0.2, 0.25) is 11.8 Å². The Kier molecular flexibility index (Phi) is 4.20. The lowest BCUT2D eigenvalue weighted by Gasteiger charge is -2.40. The van der Waals surface area contributed by atoms with Gasteiger partial charge in [0.1, 0.15) is 5.82 Å². The van der Waals surface area contributed by atoms with E-state index in [2.05, 4.69) is 24.9 Å². The topological polar surface area (TPSA) is 88.7 Å². The molecule has 5 heterocycles.